The number of nitrogens with zero attached hydrogens (tertiary/aromatic N) is 1. The van der Waals surface area contributed by atoms with Gasteiger partial charge in [-0.3, -0.25) is 9.69 Å². The second kappa shape index (κ2) is 7.05. The molecule has 1 N–H and O–H groups in total. The van der Waals surface area contributed by atoms with E-state index in [4.69, 9.17) is 4.74 Å². The van der Waals surface area contributed by atoms with E-state index in [0.717, 1.165) is 43.0 Å². The number of amides is 1. The van der Waals surface area contributed by atoms with E-state index >= 15 is 0 Å². The highest BCUT2D eigenvalue weighted by Crippen LogP contribution is 2.22. The number of hydrogen-bond donors (Lipinski definition) is 1. The number of carbonyl (C=O) groups excluding carboxylic acids is 1. The molecule has 1 aliphatic heterocycles. The zero-order valence-electron chi connectivity index (χ0n) is 13.5. The summed E-state index contributed by atoms with van der Waals surface area (Å²) in [5.41, 5.74) is 4.41. The summed E-state index contributed by atoms with van der Waals surface area (Å²) in [7, 11) is 1.99. The number of benzene rings is 1. The molecular formula is C17H26N2O2. The molecule has 2 rings (SSSR count). The Morgan fingerprint density at radius 2 is 2.00 bits per heavy atom. The molecule has 1 aliphatic rings. The van der Waals surface area contributed by atoms with Crippen LogP contribution in [0.25, 0.3) is 0 Å². The first kappa shape index (κ1) is 16.0. The highest BCUT2D eigenvalue weighted by molar-refractivity contribution is 5.93. The molecule has 0 unspecified atom stereocenters. The molecule has 1 aromatic carbocycles. The van der Waals surface area contributed by atoms with Crippen molar-refractivity contribution in [1.29, 1.82) is 0 Å². The molecule has 1 aromatic rings. The lowest BCUT2D eigenvalue weighted by Crippen LogP contribution is -2.34. The van der Waals surface area contributed by atoms with Gasteiger partial charge in [0.15, 0.2) is 0 Å². The summed E-state index contributed by atoms with van der Waals surface area (Å²) in [5, 5.41) is 3.05. The summed E-state index contributed by atoms with van der Waals surface area (Å²) in [6, 6.07) is 4.20. The van der Waals surface area contributed by atoms with Gasteiger partial charge in [0, 0.05) is 18.8 Å². The van der Waals surface area contributed by atoms with Crippen molar-refractivity contribution in [2.45, 2.75) is 27.2 Å². The normalized spacial score (nSPS) is 18.2. The van der Waals surface area contributed by atoms with Crippen molar-refractivity contribution in [3.05, 3.63) is 28.8 Å². The molecule has 0 saturated carbocycles. The Morgan fingerprint density at radius 1 is 1.33 bits per heavy atom. The Bertz CT molecular complexity index is 485. The number of rotatable bonds is 5. The molecule has 1 saturated heterocycles. The number of ether oxygens (including phenoxy) is 1. The molecule has 1 heterocycles. The predicted molar refractivity (Wildman–Crippen MR) is 85.7 cm³/mol. The van der Waals surface area contributed by atoms with Gasteiger partial charge < -0.3 is 10.1 Å². The Morgan fingerprint density at radius 3 is 2.57 bits per heavy atom. The number of anilines is 1. The number of carbonyl (C=O) groups is 1. The van der Waals surface area contributed by atoms with Crippen molar-refractivity contribution in [3.63, 3.8) is 0 Å². The smallest absolute Gasteiger partial charge is 0.238 e. The lowest BCUT2D eigenvalue weighted by Gasteiger charge is -2.20. The van der Waals surface area contributed by atoms with Gasteiger partial charge in [0.2, 0.25) is 5.91 Å². The molecule has 1 atom stereocenters. The third-order valence-electron chi connectivity index (χ3n) is 3.95. The van der Waals surface area contributed by atoms with Gasteiger partial charge in [-0.05, 0) is 51.3 Å². The van der Waals surface area contributed by atoms with E-state index in [1.807, 2.05) is 20.9 Å². The van der Waals surface area contributed by atoms with Crippen molar-refractivity contribution in [3.8, 4) is 0 Å². The van der Waals surface area contributed by atoms with Crippen molar-refractivity contribution >= 4 is 11.6 Å². The molecular weight excluding hydrogens is 264 g/mol. The SMILES string of the molecule is Cc1cc(C)c(NC(=O)CN(C)C[C@@H]2CCOC2)c(C)c1. The molecule has 116 valence electrons. The fourth-order valence-corrected chi connectivity index (χ4v) is 3.03. The first-order valence-electron chi connectivity index (χ1n) is 7.59. The molecule has 4 nitrogen and oxygen atoms in total. The lowest BCUT2D eigenvalue weighted by molar-refractivity contribution is -0.117. The van der Waals surface area contributed by atoms with E-state index in [1.54, 1.807) is 0 Å². The quantitative estimate of drug-likeness (QED) is 0.906. The second-order valence-electron chi connectivity index (χ2n) is 6.25. The summed E-state index contributed by atoms with van der Waals surface area (Å²) in [6.07, 6.45) is 1.10. The van der Waals surface area contributed by atoms with Crippen LogP contribution in [0.5, 0.6) is 0 Å². The van der Waals surface area contributed by atoms with Gasteiger partial charge in [-0.25, -0.2) is 0 Å². The standard InChI is InChI=1S/C17H26N2O2/c1-12-7-13(2)17(14(3)8-12)18-16(20)10-19(4)9-15-5-6-21-11-15/h7-8,15H,5-6,9-11H2,1-4H3,(H,18,20)/t15-/m0/s1. The van der Waals surface area contributed by atoms with Gasteiger partial charge in [0.1, 0.15) is 0 Å². The summed E-state index contributed by atoms with van der Waals surface area (Å²) in [4.78, 5) is 14.3. The van der Waals surface area contributed by atoms with Gasteiger partial charge in [-0.2, -0.15) is 0 Å². The summed E-state index contributed by atoms with van der Waals surface area (Å²) >= 11 is 0. The van der Waals surface area contributed by atoms with Gasteiger partial charge >= 0.3 is 0 Å². The van der Waals surface area contributed by atoms with Crippen LogP contribution in [0, 0.1) is 26.7 Å². The van der Waals surface area contributed by atoms with Gasteiger partial charge in [0.25, 0.3) is 0 Å². The Kier molecular flexibility index (Phi) is 5.37. The zero-order chi connectivity index (χ0) is 15.4. The Labute approximate surface area is 127 Å². The van der Waals surface area contributed by atoms with E-state index in [1.165, 1.54) is 5.56 Å². The van der Waals surface area contributed by atoms with Gasteiger partial charge in [-0.1, -0.05) is 17.7 Å². The van der Waals surface area contributed by atoms with Crippen LogP contribution < -0.4 is 5.32 Å². The average Bonchev–Trinajstić information content (AvgIpc) is 2.86. The maximum Gasteiger partial charge on any atom is 0.238 e. The maximum absolute atomic E-state index is 12.2. The van der Waals surface area contributed by atoms with Crippen LogP contribution in [0.4, 0.5) is 5.69 Å². The number of nitrogens with one attached hydrogen (secondary N) is 1. The van der Waals surface area contributed by atoms with E-state index in [0.29, 0.717) is 12.5 Å². The van der Waals surface area contributed by atoms with Gasteiger partial charge in [0.05, 0.1) is 13.2 Å². The van der Waals surface area contributed by atoms with Crippen LogP contribution in [0.2, 0.25) is 0 Å². The number of likely N-dealkylation sites (N-methyl/N-ethyl adjacent to an activating group) is 1. The minimum Gasteiger partial charge on any atom is -0.381 e. The second-order valence-corrected chi connectivity index (χ2v) is 6.25. The largest absolute Gasteiger partial charge is 0.381 e. The molecule has 0 aliphatic carbocycles. The van der Waals surface area contributed by atoms with E-state index < -0.39 is 0 Å². The van der Waals surface area contributed by atoms with Crippen LogP contribution in [-0.2, 0) is 9.53 Å². The van der Waals surface area contributed by atoms with Crippen molar-refractivity contribution in [2.75, 3.05) is 38.7 Å². The maximum atomic E-state index is 12.2. The van der Waals surface area contributed by atoms with Gasteiger partial charge in [-0.15, -0.1) is 0 Å². The van der Waals surface area contributed by atoms with Crippen LogP contribution in [0.3, 0.4) is 0 Å². The molecule has 0 radical (unpaired) electrons. The van der Waals surface area contributed by atoms with Crippen molar-refractivity contribution in [2.24, 2.45) is 5.92 Å². The van der Waals surface area contributed by atoms with E-state index in [-0.39, 0.29) is 5.91 Å². The third-order valence-corrected chi connectivity index (χ3v) is 3.95. The number of hydrogen-bond acceptors (Lipinski definition) is 3. The fourth-order valence-electron chi connectivity index (χ4n) is 3.03. The average molecular weight is 290 g/mol. The summed E-state index contributed by atoms with van der Waals surface area (Å²) in [6.45, 7) is 9.16. The predicted octanol–water partition coefficient (Wildman–Crippen LogP) is 2.52. The monoisotopic (exact) mass is 290 g/mol. The lowest BCUT2D eigenvalue weighted by atomic mass is 10.1. The van der Waals surface area contributed by atoms with Crippen LogP contribution in [0.1, 0.15) is 23.1 Å². The highest BCUT2D eigenvalue weighted by atomic mass is 16.5. The van der Waals surface area contributed by atoms with Crippen LogP contribution >= 0.6 is 0 Å². The van der Waals surface area contributed by atoms with E-state index in [9.17, 15) is 4.79 Å². The highest BCUT2D eigenvalue weighted by Gasteiger charge is 2.19. The van der Waals surface area contributed by atoms with Crippen molar-refractivity contribution in [1.82, 2.24) is 4.90 Å². The summed E-state index contributed by atoms with van der Waals surface area (Å²) < 4.78 is 5.37. The Hall–Kier alpha value is -1.39. The first-order valence-corrected chi connectivity index (χ1v) is 7.59. The van der Waals surface area contributed by atoms with Crippen LogP contribution in [-0.4, -0.2) is 44.2 Å². The van der Waals surface area contributed by atoms with Crippen molar-refractivity contribution < 1.29 is 9.53 Å². The number of aryl methyl sites for hydroxylation is 3. The third kappa shape index (κ3) is 4.55. The fraction of sp³-hybridized carbons (Fsp3) is 0.588. The minimum absolute atomic E-state index is 0.0477. The molecule has 21 heavy (non-hydrogen) atoms. The van der Waals surface area contributed by atoms with Crippen LogP contribution in [0.15, 0.2) is 12.1 Å². The first-order chi connectivity index (χ1) is 9.95. The molecule has 1 fully saturated rings. The molecule has 0 aromatic heterocycles. The minimum atomic E-state index is 0.0477. The molecule has 1 amide bonds. The topological polar surface area (TPSA) is 41.6 Å². The zero-order valence-corrected chi connectivity index (χ0v) is 13.5. The molecule has 0 spiro atoms. The molecule has 4 heteroatoms. The Balaban J connectivity index is 1.89. The van der Waals surface area contributed by atoms with E-state index in [2.05, 4.69) is 29.3 Å². The summed E-state index contributed by atoms with van der Waals surface area (Å²) in [5.74, 6) is 0.608. The molecule has 0 bridgehead atoms.